The van der Waals surface area contributed by atoms with Crippen LogP contribution in [-0.4, -0.2) is 36.5 Å². The van der Waals surface area contributed by atoms with Gasteiger partial charge in [-0.25, -0.2) is 8.42 Å². The SMILES string of the molecule is O=C(NCc1ccc(S(=O)(=O)NC(Cc2ccc(O)cc2)C(=O)O)cc1)c1ccc(Cl)cc1Cl. The summed E-state index contributed by atoms with van der Waals surface area (Å²) in [6.07, 6.45) is -0.105. The van der Waals surface area contributed by atoms with Crippen molar-refractivity contribution in [1.82, 2.24) is 10.0 Å². The number of rotatable bonds is 9. The third kappa shape index (κ3) is 6.71. The van der Waals surface area contributed by atoms with Gasteiger partial charge in [0.1, 0.15) is 11.8 Å². The molecule has 0 saturated carbocycles. The predicted molar refractivity (Wildman–Crippen MR) is 128 cm³/mol. The summed E-state index contributed by atoms with van der Waals surface area (Å²) < 4.78 is 27.6. The second kappa shape index (κ2) is 10.9. The molecule has 1 unspecified atom stereocenters. The molecule has 178 valence electrons. The van der Waals surface area contributed by atoms with E-state index in [2.05, 4.69) is 10.0 Å². The van der Waals surface area contributed by atoms with E-state index in [1.54, 1.807) is 6.07 Å². The fourth-order valence-electron chi connectivity index (χ4n) is 3.04. The Morgan fingerprint density at radius 2 is 1.53 bits per heavy atom. The Hall–Kier alpha value is -3.11. The molecule has 3 rings (SSSR count). The van der Waals surface area contributed by atoms with Gasteiger partial charge in [-0.15, -0.1) is 0 Å². The second-order valence-corrected chi connectivity index (χ2v) is 9.89. The number of nitrogens with one attached hydrogen (secondary N) is 2. The highest BCUT2D eigenvalue weighted by Gasteiger charge is 2.25. The first-order valence-electron chi connectivity index (χ1n) is 9.90. The molecule has 1 amide bonds. The van der Waals surface area contributed by atoms with Crippen LogP contribution in [0.1, 0.15) is 21.5 Å². The highest BCUT2D eigenvalue weighted by atomic mass is 35.5. The molecule has 0 aliphatic rings. The number of aromatic hydroxyl groups is 1. The first kappa shape index (κ1) is 25.5. The minimum atomic E-state index is -4.13. The second-order valence-electron chi connectivity index (χ2n) is 7.33. The first-order chi connectivity index (χ1) is 16.0. The average molecular weight is 523 g/mol. The van der Waals surface area contributed by atoms with E-state index in [9.17, 15) is 28.2 Å². The highest BCUT2D eigenvalue weighted by Crippen LogP contribution is 2.21. The molecule has 11 heteroatoms. The summed E-state index contributed by atoms with van der Waals surface area (Å²) in [6, 6.07) is 14.6. The molecule has 34 heavy (non-hydrogen) atoms. The maximum Gasteiger partial charge on any atom is 0.322 e. The molecule has 0 aliphatic carbocycles. The third-order valence-electron chi connectivity index (χ3n) is 4.83. The number of halogens is 2. The summed E-state index contributed by atoms with van der Waals surface area (Å²) in [5.74, 6) is -1.74. The van der Waals surface area contributed by atoms with Crippen molar-refractivity contribution in [3.05, 3.63) is 93.5 Å². The van der Waals surface area contributed by atoms with Gasteiger partial charge in [0.15, 0.2) is 0 Å². The third-order valence-corrected chi connectivity index (χ3v) is 6.87. The van der Waals surface area contributed by atoms with Crippen molar-refractivity contribution >= 4 is 45.1 Å². The van der Waals surface area contributed by atoms with E-state index in [-0.39, 0.29) is 34.2 Å². The molecule has 0 saturated heterocycles. The van der Waals surface area contributed by atoms with E-state index in [1.807, 2.05) is 0 Å². The lowest BCUT2D eigenvalue weighted by Gasteiger charge is -2.15. The molecule has 0 aromatic heterocycles. The average Bonchev–Trinajstić information content (AvgIpc) is 2.78. The summed E-state index contributed by atoms with van der Waals surface area (Å²) >= 11 is 11.9. The van der Waals surface area contributed by atoms with E-state index in [0.717, 1.165) is 0 Å². The van der Waals surface area contributed by atoms with Crippen molar-refractivity contribution in [2.45, 2.75) is 23.9 Å². The van der Waals surface area contributed by atoms with Crippen molar-refractivity contribution < 1.29 is 28.2 Å². The molecule has 1 atom stereocenters. The smallest absolute Gasteiger partial charge is 0.322 e. The fourth-order valence-corrected chi connectivity index (χ4v) is 4.72. The molecule has 8 nitrogen and oxygen atoms in total. The van der Waals surface area contributed by atoms with Gasteiger partial charge in [0.05, 0.1) is 15.5 Å². The number of aliphatic carboxylic acids is 1. The van der Waals surface area contributed by atoms with Crippen LogP contribution in [0.25, 0.3) is 0 Å². The summed E-state index contributed by atoms with van der Waals surface area (Å²) in [6.45, 7) is 0.115. The Kier molecular flexibility index (Phi) is 8.16. The number of sulfonamides is 1. The lowest BCUT2D eigenvalue weighted by atomic mass is 10.1. The lowest BCUT2D eigenvalue weighted by molar-refractivity contribution is -0.138. The molecule has 0 aliphatic heterocycles. The quantitative estimate of drug-likeness (QED) is 0.339. The summed E-state index contributed by atoms with van der Waals surface area (Å²) in [5, 5.41) is 22.1. The molecule has 4 N–H and O–H groups in total. The largest absolute Gasteiger partial charge is 0.508 e. The number of amides is 1. The van der Waals surface area contributed by atoms with Crippen molar-refractivity contribution in [1.29, 1.82) is 0 Å². The zero-order valence-corrected chi connectivity index (χ0v) is 19.9. The van der Waals surface area contributed by atoms with Crippen molar-refractivity contribution in [2.24, 2.45) is 0 Å². The van der Waals surface area contributed by atoms with Gasteiger partial charge in [0.25, 0.3) is 5.91 Å². The number of hydrogen-bond donors (Lipinski definition) is 4. The van der Waals surface area contributed by atoms with E-state index in [4.69, 9.17) is 23.2 Å². The maximum atomic E-state index is 12.7. The number of phenols is 1. The van der Waals surface area contributed by atoms with Gasteiger partial charge < -0.3 is 15.5 Å². The van der Waals surface area contributed by atoms with E-state index < -0.39 is 27.9 Å². The first-order valence-corrected chi connectivity index (χ1v) is 12.1. The van der Waals surface area contributed by atoms with Crippen LogP contribution in [0.4, 0.5) is 0 Å². The van der Waals surface area contributed by atoms with Crippen LogP contribution in [0.2, 0.25) is 10.0 Å². The summed E-state index contributed by atoms with van der Waals surface area (Å²) in [4.78, 5) is 23.8. The van der Waals surface area contributed by atoms with Gasteiger partial charge in [-0.05, 0) is 60.0 Å². The van der Waals surface area contributed by atoms with Crippen LogP contribution in [-0.2, 0) is 27.8 Å². The number of carbonyl (C=O) groups excluding carboxylic acids is 1. The zero-order chi connectivity index (χ0) is 24.9. The van der Waals surface area contributed by atoms with Gasteiger partial charge in [-0.3, -0.25) is 9.59 Å². The number of hydrogen-bond acceptors (Lipinski definition) is 5. The zero-order valence-electron chi connectivity index (χ0n) is 17.5. The summed E-state index contributed by atoms with van der Waals surface area (Å²) in [5.41, 5.74) is 1.42. The maximum absolute atomic E-state index is 12.7. The van der Waals surface area contributed by atoms with Crippen molar-refractivity contribution in [2.75, 3.05) is 0 Å². The van der Waals surface area contributed by atoms with Gasteiger partial charge in [0.2, 0.25) is 10.0 Å². The Morgan fingerprint density at radius 3 is 2.12 bits per heavy atom. The van der Waals surface area contributed by atoms with Crippen LogP contribution in [0, 0.1) is 0 Å². The summed E-state index contributed by atoms with van der Waals surface area (Å²) in [7, 11) is -4.13. The number of phenolic OH excluding ortho intramolecular Hbond substituents is 1. The van der Waals surface area contributed by atoms with E-state index in [1.165, 1.54) is 60.7 Å². The van der Waals surface area contributed by atoms with Crippen molar-refractivity contribution in [3.63, 3.8) is 0 Å². The van der Waals surface area contributed by atoms with Crippen LogP contribution in [0.15, 0.2) is 71.6 Å². The molecule has 0 spiro atoms. The van der Waals surface area contributed by atoms with Gasteiger partial charge >= 0.3 is 5.97 Å². The minimum Gasteiger partial charge on any atom is -0.508 e. The lowest BCUT2D eigenvalue weighted by Crippen LogP contribution is -2.42. The molecular formula is C23H20Cl2N2O6S. The minimum absolute atomic E-state index is 0.0174. The van der Waals surface area contributed by atoms with Crippen molar-refractivity contribution in [3.8, 4) is 5.75 Å². The fraction of sp³-hybridized carbons (Fsp3) is 0.130. The molecule has 0 bridgehead atoms. The molecule has 0 heterocycles. The molecule has 3 aromatic rings. The number of carbonyl (C=O) groups is 2. The van der Waals surface area contributed by atoms with Crippen LogP contribution in [0.3, 0.4) is 0 Å². The predicted octanol–water partition coefficient (Wildman–Crippen LogP) is 3.60. The molecule has 0 radical (unpaired) electrons. The van der Waals surface area contributed by atoms with E-state index in [0.29, 0.717) is 16.1 Å². The number of benzene rings is 3. The number of carboxylic acids is 1. The Morgan fingerprint density at radius 1 is 0.912 bits per heavy atom. The normalized spacial score (nSPS) is 12.2. The van der Waals surface area contributed by atoms with Gasteiger partial charge in [0, 0.05) is 11.6 Å². The van der Waals surface area contributed by atoms with Crippen LogP contribution in [0.5, 0.6) is 5.75 Å². The molecule has 3 aromatic carbocycles. The van der Waals surface area contributed by atoms with Gasteiger partial charge in [-0.2, -0.15) is 4.72 Å². The molecular weight excluding hydrogens is 503 g/mol. The van der Waals surface area contributed by atoms with Crippen LogP contribution < -0.4 is 10.0 Å². The highest BCUT2D eigenvalue weighted by molar-refractivity contribution is 7.89. The Balaban J connectivity index is 1.65. The Labute approximate surface area is 206 Å². The molecule has 0 fully saturated rings. The monoisotopic (exact) mass is 522 g/mol. The van der Waals surface area contributed by atoms with Gasteiger partial charge in [-0.1, -0.05) is 47.5 Å². The van der Waals surface area contributed by atoms with E-state index >= 15 is 0 Å². The topological polar surface area (TPSA) is 133 Å². The Bertz CT molecular complexity index is 1300. The number of carboxylic acid groups (broad SMARTS) is 1. The standard InChI is InChI=1S/C23H20Cl2N2O6S/c24-16-5-10-19(20(25)12-16)22(29)26-13-15-3-8-18(9-4-15)34(32,33)27-21(23(30)31)11-14-1-6-17(28)7-2-14/h1-10,12,21,27-28H,11,13H2,(H,26,29)(H,30,31). The van der Waals surface area contributed by atoms with Crippen LogP contribution >= 0.6 is 23.2 Å².